The zero-order chi connectivity index (χ0) is 49.5. The second-order valence-electron chi connectivity index (χ2n) is 22.9. The average Bonchev–Trinajstić information content (AvgIpc) is 4.21. The number of hydrogen-bond donors (Lipinski definition) is 4. The van der Waals surface area contributed by atoms with Gasteiger partial charge in [-0.3, -0.25) is 9.59 Å². The van der Waals surface area contributed by atoms with Crippen LogP contribution < -0.4 is 16.0 Å². The van der Waals surface area contributed by atoms with E-state index in [1.165, 1.54) is 68.0 Å². The Morgan fingerprint density at radius 2 is 1.25 bits per heavy atom. The lowest BCUT2D eigenvalue weighted by molar-refractivity contribution is -0.155. The molecular formula is C56H71N9O6. The highest BCUT2D eigenvalue weighted by Gasteiger charge is 2.52. The Morgan fingerprint density at radius 3 is 1.75 bits per heavy atom. The number of aromatic nitrogens is 4. The van der Waals surface area contributed by atoms with Crippen molar-refractivity contribution in [2.45, 2.75) is 153 Å². The normalized spacial score (nSPS) is 28.3. The lowest BCUT2D eigenvalue weighted by Crippen LogP contribution is -2.53. The first-order valence-corrected chi connectivity index (χ1v) is 26.4. The van der Waals surface area contributed by atoms with Crippen molar-refractivity contribution >= 4 is 51.8 Å². The van der Waals surface area contributed by atoms with Crippen LogP contribution in [0.15, 0.2) is 60.7 Å². The molecule has 1 unspecified atom stereocenters. The number of H-pyrrole nitrogens is 2. The number of primary amides is 1. The maximum atomic E-state index is 14.1. The molecule has 3 aliphatic heterocycles. The zero-order valence-electron chi connectivity index (χ0n) is 42.2. The van der Waals surface area contributed by atoms with Crippen LogP contribution in [0, 0.1) is 29.6 Å². The van der Waals surface area contributed by atoms with E-state index in [0.29, 0.717) is 18.5 Å². The topological polar surface area (TPSA) is 192 Å². The number of carbonyl (C=O) groups is 4. The van der Waals surface area contributed by atoms with Crippen LogP contribution in [0.4, 0.5) is 15.3 Å². The minimum absolute atomic E-state index is 0.0717. The molecule has 5 aromatic rings. The third-order valence-electron chi connectivity index (χ3n) is 17.9. The number of nitrogens with one attached hydrogen (secondary N) is 3. The summed E-state index contributed by atoms with van der Waals surface area (Å²) in [5.74, 6) is 3.30. The van der Waals surface area contributed by atoms with E-state index < -0.39 is 23.8 Å². The molecule has 7 fully saturated rings. The van der Waals surface area contributed by atoms with E-state index in [0.717, 1.165) is 90.0 Å². The van der Waals surface area contributed by atoms with E-state index in [4.69, 9.17) is 25.2 Å². The molecule has 15 heteroatoms. The highest BCUT2D eigenvalue weighted by Crippen LogP contribution is 2.61. The molecule has 4 saturated carbocycles. The molecule has 0 spiro atoms. The number of anilines is 1. The van der Waals surface area contributed by atoms with Gasteiger partial charge >= 0.3 is 12.2 Å². The summed E-state index contributed by atoms with van der Waals surface area (Å²) in [6.45, 7) is 10.4. The summed E-state index contributed by atoms with van der Waals surface area (Å²) < 4.78 is 10.4. The Kier molecular flexibility index (Phi) is 12.1. The smallest absolute Gasteiger partial charge is 0.407 e. The number of rotatable bonds is 12. The predicted octanol–water partition coefficient (Wildman–Crippen LogP) is 10.2. The van der Waals surface area contributed by atoms with E-state index >= 15 is 0 Å². The first-order valence-electron chi connectivity index (χ1n) is 26.4. The first kappa shape index (κ1) is 47.2. The summed E-state index contributed by atoms with van der Waals surface area (Å²) in [4.78, 5) is 76.0. The Morgan fingerprint density at radius 1 is 0.732 bits per heavy atom. The fourth-order valence-electron chi connectivity index (χ4n) is 14.5. The van der Waals surface area contributed by atoms with Crippen LogP contribution in [0.25, 0.3) is 22.1 Å². The van der Waals surface area contributed by atoms with E-state index in [2.05, 4.69) is 80.8 Å². The Labute approximate surface area is 416 Å². The molecule has 12 rings (SSSR count). The number of imidazole rings is 2. The second kappa shape index (κ2) is 18.2. The highest BCUT2D eigenvalue weighted by molar-refractivity contribution is 5.88. The molecule has 4 amide bonds. The minimum Gasteiger partial charge on any atom is -0.453 e. The van der Waals surface area contributed by atoms with Crippen molar-refractivity contribution in [3.63, 3.8) is 0 Å². The lowest BCUT2D eigenvalue weighted by Gasteiger charge is -2.57. The Hall–Kier alpha value is -6.12. The van der Waals surface area contributed by atoms with Gasteiger partial charge in [0.25, 0.3) is 5.91 Å². The third kappa shape index (κ3) is 8.38. The molecule has 5 N–H and O–H groups in total. The molecular weight excluding hydrogens is 895 g/mol. The predicted molar refractivity (Wildman–Crippen MR) is 271 cm³/mol. The number of aromatic amines is 2. The van der Waals surface area contributed by atoms with Crippen molar-refractivity contribution in [1.82, 2.24) is 35.1 Å². The molecule has 7 aliphatic rings. The number of ether oxygens (including phenoxy) is 2. The van der Waals surface area contributed by atoms with Gasteiger partial charge in [-0.05, 0) is 166 Å². The molecule has 15 nitrogen and oxygen atoms in total. The molecule has 4 bridgehead atoms. The van der Waals surface area contributed by atoms with E-state index in [1.54, 1.807) is 11.8 Å². The first-order chi connectivity index (χ1) is 34.1. The maximum absolute atomic E-state index is 14.1. The molecule has 5 heterocycles. The van der Waals surface area contributed by atoms with Crippen molar-refractivity contribution in [3.8, 4) is 0 Å². The van der Waals surface area contributed by atoms with Gasteiger partial charge in [0.1, 0.15) is 17.7 Å². The van der Waals surface area contributed by atoms with Crippen molar-refractivity contribution in [2.24, 2.45) is 35.3 Å². The number of methoxy groups -OCH3 is 1. The van der Waals surface area contributed by atoms with Gasteiger partial charge < -0.3 is 45.2 Å². The molecule has 6 atom stereocenters. The molecule has 71 heavy (non-hydrogen) atoms. The van der Waals surface area contributed by atoms with E-state index in [-0.39, 0.29) is 47.8 Å². The number of benzene rings is 3. The van der Waals surface area contributed by atoms with Crippen LogP contribution in [0.3, 0.4) is 0 Å². The monoisotopic (exact) mass is 966 g/mol. The summed E-state index contributed by atoms with van der Waals surface area (Å²) in [5, 5.41) is 2.76. The summed E-state index contributed by atoms with van der Waals surface area (Å²) in [5.41, 5.74) is 13.0. The van der Waals surface area contributed by atoms with Crippen LogP contribution in [-0.2, 0) is 24.5 Å². The number of nitrogens with zero attached hydrogens (tertiary/aromatic N) is 5. The molecule has 3 saturated heterocycles. The lowest BCUT2D eigenvalue weighted by atomic mass is 9.48. The van der Waals surface area contributed by atoms with Crippen molar-refractivity contribution in [2.75, 3.05) is 25.1 Å². The number of hydrogen-bond acceptors (Lipinski definition) is 9. The van der Waals surface area contributed by atoms with Gasteiger partial charge in [0.05, 0.1) is 53.3 Å². The molecule has 3 aromatic carbocycles. The number of carbonyl (C=O) groups excluding carboxylic acids is 4. The number of alkyl carbamates (subject to hydrolysis) is 1. The molecule has 376 valence electrons. The summed E-state index contributed by atoms with van der Waals surface area (Å²) in [6.07, 6.45) is 11.7. The van der Waals surface area contributed by atoms with Crippen LogP contribution >= 0.6 is 0 Å². The maximum Gasteiger partial charge on any atom is 0.407 e. The van der Waals surface area contributed by atoms with Crippen molar-refractivity contribution < 1.29 is 28.7 Å². The standard InChI is InChI=1S/C56H71N9O6/c1-31(2)48(62-54(69)70-6)51(66)63-21-7-9-46(63)49-58-40-17-11-36(26-42(40)60-49)44-19-20-45(65(44)39-15-13-38(14-16-39)56-28-33-23-34(29-56)25-35(24-33)30-56)37-12-18-41-43(27-37)61-50(59-41)47-10-8-22-64(47)52(67)55(5,32(3)4)71-53(57)68/h11-18,26-27,31-35,44-48H,7-10,19-25,28-30H2,1-6H3,(H2,57,68)(H,58,60)(H,59,61)(H,62,69)/t33?,34?,35?,44-,45?,46+,47+,48+,55+,56?/m1/s1. The van der Waals surface area contributed by atoms with Gasteiger partial charge in [-0.2, -0.15) is 0 Å². The van der Waals surface area contributed by atoms with Gasteiger partial charge in [-0.15, -0.1) is 0 Å². The van der Waals surface area contributed by atoms with Crippen LogP contribution in [0.5, 0.6) is 0 Å². The van der Waals surface area contributed by atoms with Gasteiger partial charge in [0.2, 0.25) is 5.91 Å². The number of nitrogens with two attached hydrogens (primary N) is 1. The minimum atomic E-state index is -1.39. The van der Waals surface area contributed by atoms with Gasteiger partial charge in [-0.25, -0.2) is 19.6 Å². The van der Waals surface area contributed by atoms with E-state index in [1.807, 2.05) is 32.6 Å². The number of likely N-dealkylation sites (tertiary alicyclic amines) is 2. The summed E-state index contributed by atoms with van der Waals surface area (Å²) in [6, 6.07) is 21.8. The van der Waals surface area contributed by atoms with Crippen LogP contribution in [0.1, 0.15) is 164 Å². The Bertz CT molecular complexity index is 2820. The molecule has 0 radical (unpaired) electrons. The molecule has 2 aromatic heterocycles. The SMILES string of the molecule is COC(=O)N[C@H](C(=O)N1CCC[C@H]1c1nc2ccc([C@H]3CCC(c4ccc5nc([C@@H]6CCCN6C(=O)[C@@](C)(OC(N)=O)C(C)C)[nH]c5c4)N3c3ccc(C45CC6CC(CC(C6)C4)C5)cc3)cc2[nH]1)C(C)C. The van der Waals surface area contributed by atoms with E-state index in [9.17, 15) is 19.2 Å². The van der Waals surface area contributed by atoms with Gasteiger partial charge in [-0.1, -0.05) is 52.0 Å². The summed E-state index contributed by atoms with van der Waals surface area (Å²) >= 11 is 0. The third-order valence-corrected chi connectivity index (χ3v) is 17.9. The largest absolute Gasteiger partial charge is 0.453 e. The highest BCUT2D eigenvalue weighted by atomic mass is 16.6. The van der Waals surface area contributed by atoms with Crippen molar-refractivity contribution in [3.05, 3.63) is 89.0 Å². The number of amides is 4. The number of fused-ring (bicyclic) bond motifs is 2. The quantitative estimate of drug-likeness (QED) is 0.0942. The molecule has 4 aliphatic carbocycles. The van der Waals surface area contributed by atoms with Crippen molar-refractivity contribution in [1.29, 1.82) is 0 Å². The fraction of sp³-hybridized carbons (Fsp3) is 0.571. The summed E-state index contributed by atoms with van der Waals surface area (Å²) in [7, 11) is 1.31. The average molecular weight is 966 g/mol. The Balaban J connectivity index is 0.907. The van der Waals surface area contributed by atoms with Gasteiger partial charge in [0, 0.05) is 24.7 Å². The van der Waals surface area contributed by atoms with Gasteiger partial charge in [0.15, 0.2) is 5.60 Å². The van der Waals surface area contributed by atoms with Crippen LogP contribution in [0.2, 0.25) is 0 Å². The van der Waals surface area contributed by atoms with Crippen LogP contribution in [-0.4, -0.2) is 85.6 Å². The second-order valence-corrected chi connectivity index (χ2v) is 22.9. The fourth-order valence-corrected chi connectivity index (χ4v) is 14.5. The zero-order valence-corrected chi connectivity index (χ0v) is 42.2.